The van der Waals surface area contributed by atoms with Crippen molar-refractivity contribution < 1.29 is 22.3 Å². The van der Waals surface area contributed by atoms with Crippen LogP contribution >= 0.6 is 0 Å². The summed E-state index contributed by atoms with van der Waals surface area (Å²) in [6.07, 6.45) is -3.92. The van der Waals surface area contributed by atoms with Crippen LogP contribution in [0.4, 0.5) is 23.4 Å². The van der Waals surface area contributed by atoms with Crippen molar-refractivity contribution in [2.24, 2.45) is 0 Å². The summed E-state index contributed by atoms with van der Waals surface area (Å²) in [5.74, 6) is -0.740. The van der Waals surface area contributed by atoms with Crippen molar-refractivity contribution in [3.8, 4) is 11.5 Å². The molecule has 3 nitrogen and oxygen atoms in total. The zero-order chi connectivity index (χ0) is 14.0. The van der Waals surface area contributed by atoms with Crippen molar-refractivity contribution in [3.05, 3.63) is 47.9 Å². The first-order valence-corrected chi connectivity index (χ1v) is 5.12. The van der Waals surface area contributed by atoms with Gasteiger partial charge in [0.2, 0.25) is 0 Å². The first kappa shape index (κ1) is 13.1. The van der Waals surface area contributed by atoms with E-state index in [0.29, 0.717) is 6.20 Å². The third kappa shape index (κ3) is 3.12. The highest BCUT2D eigenvalue weighted by Crippen LogP contribution is 2.34. The molecule has 0 aliphatic rings. The number of alkyl halides is 3. The minimum atomic E-state index is -4.54. The molecule has 0 atom stereocenters. The van der Waals surface area contributed by atoms with Crippen molar-refractivity contribution in [1.29, 1.82) is 0 Å². The van der Waals surface area contributed by atoms with Gasteiger partial charge in [-0.05, 0) is 30.3 Å². The van der Waals surface area contributed by atoms with Crippen LogP contribution in [0.1, 0.15) is 5.56 Å². The highest BCUT2D eigenvalue weighted by molar-refractivity contribution is 5.49. The van der Waals surface area contributed by atoms with Gasteiger partial charge in [0.05, 0.1) is 5.56 Å². The fraction of sp³-hybridized carbons (Fsp3) is 0.0833. The molecule has 0 saturated heterocycles. The van der Waals surface area contributed by atoms with Gasteiger partial charge in [-0.3, -0.25) is 0 Å². The van der Waals surface area contributed by atoms with E-state index < -0.39 is 17.6 Å². The summed E-state index contributed by atoms with van der Waals surface area (Å²) < 4.78 is 55.3. The van der Waals surface area contributed by atoms with Crippen molar-refractivity contribution >= 4 is 5.82 Å². The summed E-state index contributed by atoms with van der Waals surface area (Å²) in [5, 5.41) is 0. The van der Waals surface area contributed by atoms with Gasteiger partial charge >= 0.3 is 6.18 Å². The summed E-state index contributed by atoms with van der Waals surface area (Å²) in [4.78, 5) is 3.42. The lowest BCUT2D eigenvalue weighted by Gasteiger charge is -2.11. The number of hydrogen-bond donors (Lipinski definition) is 1. The molecule has 100 valence electrons. The smallest absolute Gasteiger partial charge is 0.418 e. The summed E-state index contributed by atoms with van der Waals surface area (Å²) in [6.45, 7) is 0. The predicted octanol–water partition coefficient (Wildman–Crippen LogP) is 3.61. The van der Waals surface area contributed by atoms with Crippen LogP contribution in [0.3, 0.4) is 0 Å². The first-order chi connectivity index (χ1) is 8.86. The normalized spacial score (nSPS) is 11.4. The van der Waals surface area contributed by atoms with E-state index in [0.717, 1.165) is 18.2 Å². The number of rotatable bonds is 2. The molecule has 1 heterocycles. The summed E-state index contributed by atoms with van der Waals surface area (Å²) in [5.41, 5.74) is 4.46. The second kappa shape index (κ2) is 4.75. The molecule has 0 radical (unpaired) electrons. The van der Waals surface area contributed by atoms with Crippen LogP contribution < -0.4 is 10.5 Å². The van der Waals surface area contributed by atoms with Crippen molar-refractivity contribution in [3.63, 3.8) is 0 Å². The van der Waals surface area contributed by atoms with Gasteiger partial charge in [-0.2, -0.15) is 13.2 Å². The quantitative estimate of drug-likeness (QED) is 0.849. The molecule has 0 bridgehead atoms. The molecule has 2 N–H and O–H groups in total. The lowest BCUT2D eigenvalue weighted by molar-refractivity contribution is -0.137. The molecule has 1 aromatic heterocycles. The van der Waals surface area contributed by atoms with Gasteiger partial charge < -0.3 is 10.5 Å². The maximum Gasteiger partial charge on any atom is 0.418 e. The highest BCUT2D eigenvalue weighted by atomic mass is 19.4. The molecule has 0 fully saturated rings. The van der Waals surface area contributed by atoms with E-state index >= 15 is 0 Å². The summed E-state index contributed by atoms with van der Waals surface area (Å²) >= 11 is 0. The van der Waals surface area contributed by atoms with E-state index in [4.69, 9.17) is 10.5 Å². The van der Waals surface area contributed by atoms with Gasteiger partial charge in [0.1, 0.15) is 11.6 Å². The number of hydrogen-bond acceptors (Lipinski definition) is 3. The third-order valence-corrected chi connectivity index (χ3v) is 2.25. The van der Waals surface area contributed by atoms with Gasteiger partial charge in [-0.25, -0.2) is 9.37 Å². The van der Waals surface area contributed by atoms with Crippen LogP contribution in [0.25, 0.3) is 0 Å². The van der Waals surface area contributed by atoms with E-state index in [9.17, 15) is 17.6 Å². The fourth-order valence-corrected chi connectivity index (χ4v) is 1.32. The lowest BCUT2D eigenvalue weighted by atomic mass is 10.2. The summed E-state index contributed by atoms with van der Waals surface area (Å²) in [7, 11) is 0. The second-order valence-corrected chi connectivity index (χ2v) is 3.66. The van der Waals surface area contributed by atoms with Gasteiger partial charge in [0.15, 0.2) is 11.6 Å². The number of benzene rings is 1. The molecular weight excluding hydrogens is 264 g/mol. The molecule has 2 rings (SSSR count). The number of pyridine rings is 1. The number of ether oxygens (including phenoxy) is 1. The van der Waals surface area contributed by atoms with Crippen LogP contribution in [0.5, 0.6) is 11.5 Å². The Morgan fingerprint density at radius 3 is 2.32 bits per heavy atom. The maximum absolute atomic E-state index is 12.7. The van der Waals surface area contributed by atoms with E-state index in [1.54, 1.807) is 0 Å². The van der Waals surface area contributed by atoms with Crippen molar-refractivity contribution in [2.45, 2.75) is 6.18 Å². The van der Waals surface area contributed by atoms with Gasteiger partial charge in [0, 0.05) is 6.20 Å². The van der Waals surface area contributed by atoms with Crippen LogP contribution in [0, 0.1) is 5.82 Å². The Morgan fingerprint density at radius 1 is 1.11 bits per heavy atom. The second-order valence-electron chi connectivity index (χ2n) is 3.66. The van der Waals surface area contributed by atoms with E-state index in [1.165, 1.54) is 12.1 Å². The SMILES string of the molecule is Nc1ncc(C(F)(F)F)cc1Oc1ccc(F)cc1. The van der Waals surface area contributed by atoms with Crippen LogP contribution in [-0.4, -0.2) is 4.98 Å². The van der Waals surface area contributed by atoms with Crippen LogP contribution in [0.15, 0.2) is 36.5 Å². The first-order valence-electron chi connectivity index (χ1n) is 5.12. The number of nitrogen functional groups attached to an aromatic ring is 1. The standard InChI is InChI=1S/C12H8F4N2O/c13-8-1-3-9(4-2-8)19-10-5-7(12(14,15)16)6-18-11(10)17/h1-6H,(H2,17,18). The molecule has 2 aromatic rings. The Labute approximate surface area is 105 Å². The molecule has 0 saturated carbocycles. The number of aromatic nitrogens is 1. The van der Waals surface area contributed by atoms with E-state index in [1.807, 2.05) is 0 Å². The molecular formula is C12H8F4N2O. The van der Waals surface area contributed by atoms with E-state index in [-0.39, 0.29) is 17.3 Å². The Bertz CT molecular complexity index is 581. The monoisotopic (exact) mass is 272 g/mol. The minimum absolute atomic E-state index is 0.161. The van der Waals surface area contributed by atoms with Gasteiger partial charge in [0.25, 0.3) is 0 Å². The van der Waals surface area contributed by atoms with Crippen LogP contribution in [0.2, 0.25) is 0 Å². The van der Waals surface area contributed by atoms with Crippen LogP contribution in [-0.2, 0) is 6.18 Å². The molecule has 1 aromatic carbocycles. The molecule has 0 amide bonds. The van der Waals surface area contributed by atoms with Gasteiger partial charge in [-0.1, -0.05) is 0 Å². The van der Waals surface area contributed by atoms with E-state index in [2.05, 4.69) is 4.98 Å². The minimum Gasteiger partial charge on any atom is -0.453 e. The number of nitrogens with two attached hydrogens (primary N) is 1. The number of anilines is 1. The Hall–Kier alpha value is -2.31. The molecule has 0 unspecified atom stereocenters. The number of halogens is 4. The largest absolute Gasteiger partial charge is 0.453 e. The molecule has 19 heavy (non-hydrogen) atoms. The number of nitrogens with zero attached hydrogens (tertiary/aromatic N) is 1. The third-order valence-electron chi connectivity index (χ3n) is 2.25. The highest BCUT2D eigenvalue weighted by Gasteiger charge is 2.31. The van der Waals surface area contributed by atoms with Gasteiger partial charge in [-0.15, -0.1) is 0 Å². The Kier molecular flexibility index (Phi) is 3.28. The molecule has 0 spiro atoms. The average Bonchev–Trinajstić information content (AvgIpc) is 2.33. The van der Waals surface area contributed by atoms with Crippen molar-refractivity contribution in [1.82, 2.24) is 4.98 Å². The zero-order valence-corrected chi connectivity index (χ0v) is 9.41. The van der Waals surface area contributed by atoms with Crippen molar-refractivity contribution in [2.75, 3.05) is 5.73 Å². The predicted molar refractivity (Wildman–Crippen MR) is 60.1 cm³/mol. The fourth-order valence-electron chi connectivity index (χ4n) is 1.32. The zero-order valence-electron chi connectivity index (χ0n) is 9.41. The molecule has 7 heteroatoms. The topological polar surface area (TPSA) is 48.1 Å². The Balaban J connectivity index is 2.31. The maximum atomic E-state index is 12.7. The Morgan fingerprint density at radius 2 is 1.74 bits per heavy atom. The molecule has 0 aliphatic heterocycles. The lowest BCUT2D eigenvalue weighted by Crippen LogP contribution is -2.07. The molecule has 0 aliphatic carbocycles. The summed E-state index contributed by atoms with van der Waals surface area (Å²) in [6, 6.07) is 5.52. The average molecular weight is 272 g/mol.